The molecule has 0 aliphatic rings. The van der Waals surface area contributed by atoms with E-state index in [2.05, 4.69) is 5.32 Å². The molecule has 15 heavy (non-hydrogen) atoms. The van der Waals surface area contributed by atoms with Crippen molar-refractivity contribution in [3.63, 3.8) is 0 Å². The lowest BCUT2D eigenvalue weighted by atomic mass is 10.1. The summed E-state index contributed by atoms with van der Waals surface area (Å²) in [5.74, 6) is -0.549. The molecule has 4 nitrogen and oxygen atoms in total. The van der Waals surface area contributed by atoms with Crippen molar-refractivity contribution in [1.29, 1.82) is 0 Å². The van der Waals surface area contributed by atoms with E-state index in [1.807, 2.05) is 13.8 Å². The molecule has 82 valence electrons. The Kier molecular flexibility index (Phi) is 3.42. The maximum atomic E-state index is 11.2. The number of carbonyl (C=O) groups is 1. The molecule has 0 saturated heterocycles. The predicted molar refractivity (Wildman–Crippen MR) is 63.1 cm³/mol. The summed E-state index contributed by atoms with van der Waals surface area (Å²) in [6.07, 6.45) is 0. The van der Waals surface area contributed by atoms with Crippen LogP contribution in [0.2, 0.25) is 5.02 Å². The summed E-state index contributed by atoms with van der Waals surface area (Å²) in [7, 11) is 0. The number of benzene rings is 1. The van der Waals surface area contributed by atoms with E-state index < -0.39 is 5.91 Å². The number of rotatable bonds is 3. The largest absolute Gasteiger partial charge is 0.399 e. The molecule has 0 aromatic heterocycles. The highest BCUT2D eigenvalue weighted by molar-refractivity contribution is 6.34. The minimum atomic E-state index is -0.549. The van der Waals surface area contributed by atoms with Crippen molar-refractivity contribution in [2.45, 2.75) is 19.9 Å². The first-order valence-electron chi connectivity index (χ1n) is 4.57. The molecule has 0 aliphatic heterocycles. The van der Waals surface area contributed by atoms with Crippen LogP contribution < -0.4 is 16.8 Å². The van der Waals surface area contributed by atoms with Crippen molar-refractivity contribution < 1.29 is 4.79 Å². The van der Waals surface area contributed by atoms with Crippen molar-refractivity contribution >= 4 is 28.9 Å². The quantitative estimate of drug-likeness (QED) is 0.690. The molecule has 5 heteroatoms. The molecule has 0 radical (unpaired) electrons. The Hall–Kier alpha value is -1.42. The summed E-state index contributed by atoms with van der Waals surface area (Å²) in [5, 5.41) is 3.46. The first kappa shape index (κ1) is 11.7. The molecule has 0 bridgehead atoms. The standard InChI is InChI=1S/C10H14ClN3O/c1-5(2)14-9-7(10(13)15)3-6(12)4-8(9)11/h3-5,14H,12H2,1-2H3,(H2,13,15). The first-order valence-corrected chi connectivity index (χ1v) is 4.95. The lowest BCUT2D eigenvalue weighted by Gasteiger charge is -2.15. The Labute approximate surface area is 93.6 Å². The van der Waals surface area contributed by atoms with Crippen molar-refractivity contribution in [2.75, 3.05) is 11.1 Å². The van der Waals surface area contributed by atoms with Gasteiger partial charge < -0.3 is 16.8 Å². The lowest BCUT2D eigenvalue weighted by molar-refractivity contribution is 0.100. The summed E-state index contributed by atoms with van der Waals surface area (Å²) >= 11 is 5.97. The fourth-order valence-electron chi connectivity index (χ4n) is 1.26. The number of amides is 1. The summed E-state index contributed by atoms with van der Waals surface area (Å²) in [6.45, 7) is 3.88. The molecule has 0 fully saturated rings. The number of nitrogens with one attached hydrogen (secondary N) is 1. The van der Waals surface area contributed by atoms with Gasteiger partial charge in [0.2, 0.25) is 0 Å². The Morgan fingerprint density at radius 1 is 1.47 bits per heavy atom. The van der Waals surface area contributed by atoms with Crippen LogP contribution in [0.25, 0.3) is 0 Å². The van der Waals surface area contributed by atoms with Gasteiger partial charge in [-0.15, -0.1) is 0 Å². The Balaban J connectivity index is 3.27. The minimum absolute atomic E-state index is 0.157. The molecule has 0 unspecified atom stereocenters. The molecule has 0 aliphatic carbocycles. The van der Waals surface area contributed by atoms with Gasteiger partial charge >= 0.3 is 0 Å². The second-order valence-electron chi connectivity index (χ2n) is 3.59. The molecule has 0 heterocycles. The first-order chi connectivity index (χ1) is 6.91. The van der Waals surface area contributed by atoms with Crippen LogP contribution in [0.15, 0.2) is 12.1 Å². The van der Waals surface area contributed by atoms with Crippen LogP contribution in [-0.2, 0) is 0 Å². The van der Waals surface area contributed by atoms with Crippen molar-refractivity contribution in [2.24, 2.45) is 5.73 Å². The molecule has 1 aromatic rings. The van der Waals surface area contributed by atoms with E-state index in [9.17, 15) is 4.79 Å². The highest BCUT2D eigenvalue weighted by atomic mass is 35.5. The lowest BCUT2D eigenvalue weighted by Crippen LogP contribution is -2.18. The molecular weight excluding hydrogens is 214 g/mol. The average molecular weight is 228 g/mol. The Morgan fingerprint density at radius 3 is 2.53 bits per heavy atom. The van der Waals surface area contributed by atoms with Crippen LogP contribution in [0.3, 0.4) is 0 Å². The van der Waals surface area contributed by atoms with E-state index in [1.54, 1.807) is 6.07 Å². The number of anilines is 2. The summed E-state index contributed by atoms with van der Waals surface area (Å²) in [6, 6.07) is 3.25. The molecule has 1 rings (SSSR count). The average Bonchev–Trinajstić information content (AvgIpc) is 2.08. The zero-order valence-electron chi connectivity index (χ0n) is 8.67. The minimum Gasteiger partial charge on any atom is -0.399 e. The molecule has 0 saturated carbocycles. The summed E-state index contributed by atoms with van der Waals surface area (Å²) in [5.41, 5.74) is 12.1. The van der Waals surface area contributed by atoms with E-state index in [-0.39, 0.29) is 6.04 Å². The third-order valence-corrected chi connectivity index (χ3v) is 2.11. The maximum absolute atomic E-state index is 11.2. The Bertz CT molecular complexity index is 390. The number of nitrogens with two attached hydrogens (primary N) is 2. The summed E-state index contributed by atoms with van der Waals surface area (Å²) < 4.78 is 0. The van der Waals surface area contributed by atoms with Crippen LogP contribution in [0.1, 0.15) is 24.2 Å². The Morgan fingerprint density at radius 2 is 2.07 bits per heavy atom. The molecule has 0 atom stereocenters. The zero-order valence-corrected chi connectivity index (χ0v) is 9.43. The van der Waals surface area contributed by atoms with Gasteiger partial charge in [0.15, 0.2) is 0 Å². The smallest absolute Gasteiger partial charge is 0.250 e. The number of primary amides is 1. The van der Waals surface area contributed by atoms with Gasteiger partial charge in [-0.3, -0.25) is 4.79 Å². The van der Waals surface area contributed by atoms with Gasteiger partial charge in [0.05, 0.1) is 16.3 Å². The SMILES string of the molecule is CC(C)Nc1c(Cl)cc(N)cc1C(N)=O. The number of hydrogen-bond acceptors (Lipinski definition) is 3. The van der Waals surface area contributed by atoms with Gasteiger partial charge in [-0.25, -0.2) is 0 Å². The second kappa shape index (κ2) is 4.40. The van der Waals surface area contributed by atoms with Crippen molar-refractivity contribution in [3.8, 4) is 0 Å². The van der Waals surface area contributed by atoms with E-state index in [1.165, 1.54) is 6.07 Å². The highest BCUT2D eigenvalue weighted by Crippen LogP contribution is 2.29. The summed E-state index contributed by atoms with van der Waals surface area (Å²) in [4.78, 5) is 11.2. The fraction of sp³-hybridized carbons (Fsp3) is 0.300. The van der Waals surface area contributed by atoms with Gasteiger partial charge in [-0.2, -0.15) is 0 Å². The van der Waals surface area contributed by atoms with Crippen molar-refractivity contribution in [1.82, 2.24) is 0 Å². The van der Waals surface area contributed by atoms with Crippen LogP contribution in [-0.4, -0.2) is 11.9 Å². The van der Waals surface area contributed by atoms with Gasteiger partial charge in [0.1, 0.15) is 0 Å². The van der Waals surface area contributed by atoms with E-state index in [4.69, 9.17) is 23.1 Å². The molecule has 1 amide bonds. The van der Waals surface area contributed by atoms with E-state index >= 15 is 0 Å². The number of nitrogen functional groups attached to an aromatic ring is 1. The van der Waals surface area contributed by atoms with Crippen LogP contribution in [0.4, 0.5) is 11.4 Å². The van der Waals surface area contributed by atoms with Gasteiger partial charge in [-0.1, -0.05) is 11.6 Å². The molecule has 1 aromatic carbocycles. The number of hydrogen-bond donors (Lipinski definition) is 3. The van der Waals surface area contributed by atoms with Gasteiger partial charge in [0.25, 0.3) is 5.91 Å². The molecule has 5 N–H and O–H groups in total. The zero-order chi connectivity index (χ0) is 11.6. The third-order valence-electron chi connectivity index (χ3n) is 1.81. The monoisotopic (exact) mass is 227 g/mol. The molecular formula is C10H14ClN3O. The van der Waals surface area contributed by atoms with Crippen LogP contribution in [0, 0.1) is 0 Å². The third kappa shape index (κ3) is 2.76. The van der Waals surface area contributed by atoms with Crippen LogP contribution in [0.5, 0.6) is 0 Å². The normalized spacial score (nSPS) is 10.4. The second-order valence-corrected chi connectivity index (χ2v) is 4.00. The van der Waals surface area contributed by atoms with E-state index in [0.717, 1.165) is 0 Å². The highest BCUT2D eigenvalue weighted by Gasteiger charge is 2.13. The van der Waals surface area contributed by atoms with Crippen LogP contribution >= 0.6 is 11.6 Å². The fourth-order valence-corrected chi connectivity index (χ4v) is 1.54. The van der Waals surface area contributed by atoms with Gasteiger partial charge in [0, 0.05) is 11.7 Å². The topological polar surface area (TPSA) is 81.1 Å². The predicted octanol–water partition coefficient (Wildman–Crippen LogP) is 1.84. The van der Waals surface area contributed by atoms with E-state index in [0.29, 0.717) is 22.0 Å². The maximum Gasteiger partial charge on any atom is 0.250 e. The number of halogens is 1. The number of carbonyl (C=O) groups excluding carboxylic acids is 1. The molecule has 0 spiro atoms. The van der Waals surface area contributed by atoms with Gasteiger partial charge in [-0.05, 0) is 26.0 Å². The van der Waals surface area contributed by atoms with Crippen molar-refractivity contribution in [3.05, 3.63) is 22.7 Å².